The number of hydrogen-bond donors (Lipinski definition) is 2. The highest BCUT2D eigenvalue weighted by Gasteiger charge is 2.34. The Balaban J connectivity index is 1.35. The van der Waals surface area contributed by atoms with Crippen molar-refractivity contribution in [2.24, 2.45) is 0 Å². The van der Waals surface area contributed by atoms with Crippen LogP contribution in [0.15, 0.2) is 47.3 Å². The van der Waals surface area contributed by atoms with Crippen LogP contribution in [0.25, 0.3) is 0 Å². The van der Waals surface area contributed by atoms with Crippen molar-refractivity contribution >= 4 is 17.7 Å². The summed E-state index contributed by atoms with van der Waals surface area (Å²) in [6.07, 6.45) is 0.829. The van der Waals surface area contributed by atoms with Crippen molar-refractivity contribution in [3.63, 3.8) is 0 Å². The number of amides is 3. The number of nitrogens with one attached hydrogen (secondary N) is 2. The molecule has 3 aromatic rings. The molecule has 0 radical (unpaired) electrons. The van der Waals surface area contributed by atoms with Gasteiger partial charge in [-0.1, -0.05) is 12.1 Å². The molecule has 1 saturated heterocycles. The average Bonchev–Trinajstić information content (AvgIpc) is 2.99. The summed E-state index contributed by atoms with van der Waals surface area (Å²) in [5.41, 5.74) is 2.94. The van der Waals surface area contributed by atoms with E-state index in [2.05, 4.69) is 15.3 Å². The molecule has 2 aliphatic rings. The second-order valence-corrected chi connectivity index (χ2v) is 11.4. The van der Waals surface area contributed by atoms with Gasteiger partial charge in [-0.05, 0) is 69.0 Å². The Kier molecular flexibility index (Phi) is 9.82. The quantitative estimate of drug-likeness (QED) is 0.445. The number of nitrogens with zero attached hydrogens (tertiary/aromatic N) is 3. The second kappa shape index (κ2) is 13.9. The zero-order chi connectivity index (χ0) is 32.1. The van der Waals surface area contributed by atoms with Crippen LogP contribution in [0, 0.1) is 13.8 Å². The number of carbonyl (C=O) groups excluding carboxylic acids is 3. The third-order valence-electron chi connectivity index (χ3n) is 8.05. The molecule has 4 bridgehead atoms. The number of fused-ring (bicyclic) bond motifs is 5. The molecule has 0 saturated carbocycles. The van der Waals surface area contributed by atoms with E-state index in [0.717, 1.165) is 11.1 Å². The van der Waals surface area contributed by atoms with Crippen LogP contribution in [0.1, 0.15) is 52.6 Å². The van der Waals surface area contributed by atoms with Gasteiger partial charge in [0.15, 0.2) is 0 Å². The fourth-order valence-electron chi connectivity index (χ4n) is 5.81. The van der Waals surface area contributed by atoms with Crippen molar-refractivity contribution in [1.29, 1.82) is 0 Å². The van der Waals surface area contributed by atoms with Gasteiger partial charge < -0.3 is 34.3 Å². The normalized spacial score (nSPS) is 18.9. The van der Waals surface area contributed by atoms with E-state index >= 15 is 0 Å². The molecule has 0 unspecified atom stereocenters. The fraction of sp³-hybridized carbons (Fsp3) is 0.424. The monoisotopic (exact) mass is 617 g/mol. The first-order valence-corrected chi connectivity index (χ1v) is 15.1. The van der Waals surface area contributed by atoms with Gasteiger partial charge in [-0.25, -0.2) is 4.79 Å². The summed E-state index contributed by atoms with van der Waals surface area (Å²) in [6, 6.07) is 12.0. The molecule has 0 aliphatic carbocycles. The van der Waals surface area contributed by atoms with Gasteiger partial charge >= 0.3 is 5.69 Å². The van der Waals surface area contributed by atoms with E-state index < -0.39 is 11.7 Å². The lowest BCUT2D eigenvalue weighted by atomic mass is 10.00. The van der Waals surface area contributed by atoms with Crippen LogP contribution in [0.2, 0.25) is 0 Å². The van der Waals surface area contributed by atoms with Gasteiger partial charge in [-0.3, -0.25) is 14.4 Å². The van der Waals surface area contributed by atoms with E-state index in [1.165, 1.54) is 4.90 Å². The molecule has 1 aromatic heterocycles. The average molecular weight is 618 g/mol. The van der Waals surface area contributed by atoms with Crippen molar-refractivity contribution in [1.82, 2.24) is 25.1 Å². The van der Waals surface area contributed by atoms with Gasteiger partial charge in [0.1, 0.15) is 17.2 Å². The van der Waals surface area contributed by atoms with E-state index in [1.54, 1.807) is 44.0 Å². The smallest absolute Gasteiger partial charge is 0.345 e. The third kappa shape index (κ3) is 7.88. The van der Waals surface area contributed by atoms with Gasteiger partial charge in [-0.15, -0.1) is 0 Å². The zero-order valence-corrected chi connectivity index (χ0v) is 26.1. The third-order valence-corrected chi connectivity index (χ3v) is 8.05. The standard InChI is InChI=1S/C33H39N5O7/c1-5-43-25-14-23-15-26(16-25)45-24-8-6-7-22(13-24)19-44-29-11-12-38(17-28(29)36-30(39)18-37(4)32(23)41)31(40)10-9-27-20(2)34-33(42)35-21(27)3/h6-8,13-16,28-29H,5,9-12,17-19H2,1-4H3,(H,36,39)(H,34,35,42)/t28-,29+/m0/s1. The Morgan fingerprint density at radius 3 is 2.71 bits per heavy atom. The number of likely N-dealkylation sites (N-methyl/N-ethyl adjacent to an activating group) is 1. The van der Waals surface area contributed by atoms with Gasteiger partial charge in [0.25, 0.3) is 5.91 Å². The number of aryl methyl sites for hydroxylation is 2. The first kappa shape index (κ1) is 31.7. The van der Waals surface area contributed by atoms with Gasteiger partial charge in [0.2, 0.25) is 11.8 Å². The van der Waals surface area contributed by atoms with Crippen LogP contribution < -0.4 is 20.5 Å². The predicted molar refractivity (Wildman–Crippen MR) is 165 cm³/mol. The molecule has 5 rings (SSSR count). The van der Waals surface area contributed by atoms with Crippen molar-refractivity contribution in [2.75, 3.05) is 33.3 Å². The largest absolute Gasteiger partial charge is 0.494 e. The number of likely N-dealkylation sites (tertiary alicyclic amines) is 1. The number of carbonyl (C=O) groups is 3. The molecule has 0 spiro atoms. The van der Waals surface area contributed by atoms with Crippen LogP contribution in [-0.2, 0) is 27.4 Å². The second-order valence-electron chi connectivity index (χ2n) is 11.4. The van der Waals surface area contributed by atoms with Gasteiger partial charge in [-0.2, -0.15) is 4.98 Å². The molecule has 2 N–H and O–H groups in total. The minimum Gasteiger partial charge on any atom is -0.494 e. The molecule has 12 nitrogen and oxygen atoms in total. The Labute approximate surface area is 261 Å². The highest BCUT2D eigenvalue weighted by atomic mass is 16.5. The maximum Gasteiger partial charge on any atom is 0.345 e. The summed E-state index contributed by atoms with van der Waals surface area (Å²) in [7, 11) is 1.56. The first-order valence-electron chi connectivity index (χ1n) is 15.1. The molecule has 12 heteroatoms. The first-order chi connectivity index (χ1) is 21.6. The van der Waals surface area contributed by atoms with Crippen LogP contribution in [-0.4, -0.2) is 82.9 Å². The number of rotatable bonds is 5. The molecule has 3 amide bonds. The number of aromatic nitrogens is 2. The summed E-state index contributed by atoms with van der Waals surface area (Å²) in [5.74, 6) is 0.697. The minimum atomic E-state index is -0.489. The summed E-state index contributed by atoms with van der Waals surface area (Å²) in [4.78, 5) is 61.4. The molecule has 2 atom stereocenters. The van der Waals surface area contributed by atoms with E-state index in [9.17, 15) is 19.2 Å². The molecular formula is C33H39N5O7. The zero-order valence-electron chi connectivity index (χ0n) is 26.1. The lowest BCUT2D eigenvalue weighted by Crippen LogP contribution is -2.58. The number of ether oxygens (including phenoxy) is 3. The molecule has 238 valence electrons. The number of hydrogen-bond acceptors (Lipinski definition) is 8. The summed E-state index contributed by atoms with van der Waals surface area (Å²) >= 11 is 0. The number of H-pyrrole nitrogens is 1. The molecular weight excluding hydrogens is 578 g/mol. The topological polar surface area (TPSA) is 143 Å². The maximum atomic E-state index is 13.4. The predicted octanol–water partition coefficient (Wildman–Crippen LogP) is 2.90. The fourth-order valence-corrected chi connectivity index (χ4v) is 5.81. The Bertz CT molecular complexity index is 1610. The van der Waals surface area contributed by atoms with E-state index in [1.807, 2.05) is 31.2 Å². The Morgan fingerprint density at radius 1 is 1.11 bits per heavy atom. The van der Waals surface area contributed by atoms with E-state index in [0.29, 0.717) is 60.2 Å². The molecule has 3 heterocycles. The van der Waals surface area contributed by atoms with Crippen LogP contribution in [0.4, 0.5) is 0 Å². The van der Waals surface area contributed by atoms with Crippen LogP contribution in [0.3, 0.4) is 0 Å². The van der Waals surface area contributed by atoms with Gasteiger partial charge in [0.05, 0.1) is 31.9 Å². The number of piperidine rings is 1. The summed E-state index contributed by atoms with van der Waals surface area (Å²) in [5, 5.41) is 3.03. The maximum absolute atomic E-state index is 13.4. The van der Waals surface area contributed by atoms with Crippen molar-refractivity contribution < 1.29 is 28.6 Å². The highest BCUT2D eigenvalue weighted by molar-refractivity contribution is 5.97. The van der Waals surface area contributed by atoms with Crippen molar-refractivity contribution in [3.05, 3.63) is 81.0 Å². The lowest BCUT2D eigenvalue weighted by molar-refractivity contribution is -0.137. The van der Waals surface area contributed by atoms with E-state index in [4.69, 9.17) is 14.2 Å². The molecule has 2 aromatic carbocycles. The highest BCUT2D eigenvalue weighted by Crippen LogP contribution is 2.29. The van der Waals surface area contributed by atoms with Crippen LogP contribution in [0.5, 0.6) is 17.2 Å². The minimum absolute atomic E-state index is 0.0676. The van der Waals surface area contributed by atoms with Gasteiger partial charge in [0, 0.05) is 49.6 Å². The molecule has 45 heavy (non-hydrogen) atoms. The van der Waals surface area contributed by atoms with Crippen molar-refractivity contribution in [2.45, 2.75) is 58.8 Å². The number of benzene rings is 2. The molecule has 1 fully saturated rings. The van der Waals surface area contributed by atoms with Crippen LogP contribution >= 0.6 is 0 Å². The summed E-state index contributed by atoms with van der Waals surface area (Å²) < 4.78 is 18.1. The number of aromatic amines is 1. The Morgan fingerprint density at radius 2 is 1.93 bits per heavy atom. The van der Waals surface area contributed by atoms with E-state index in [-0.39, 0.29) is 49.9 Å². The van der Waals surface area contributed by atoms with Crippen molar-refractivity contribution in [3.8, 4) is 17.2 Å². The SMILES string of the molecule is CCOc1cc2cc(c1)C(=O)N(C)CC(=O)N[C@H]1CN(C(=O)CCc3c(C)nc(=O)[nH]c3C)CC[C@H]1OCc1cccc(c1)O2. The molecule has 2 aliphatic heterocycles. The lowest BCUT2D eigenvalue weighted by Gasteiger charge is -2.39. The summed E-state index contributed by atoms with van der Waals surface area (Å²) in [6.45, 7) is 6.64. The Hall–Kier alpha value is -4.71.